The van der Waals surface area contributed by atoms with Crippen molar-refractivity contribution in [2.24, 2.45) is 0 Å². The predicted octanol–water partition coefficient (Wildman–Crippen LogP) is 1.50. The Balaban J connectivity index is 2.30. The summed E-state index contributed by atoms with van der Waals surface area (Å²) in [7, 11) is -1.60. The molecule has 3 N–H and O–H groups in total. The van der Waals surface area contributed by atoms with Gasteiger partial charge in [0.25, 0.3) is 0 Å². The van der Waals surface area contributed by atoms with Crippen LogP contribution in [0.25, 0.3) is 0 Å². The Morgan fingerprint density at radius 2 is 1.84 bits per heavy atom. The normalized spacial score (nSPS) is 11.6. The Labute approximate surface area is 115 Å². The van der Waals surface area contributed by atoms with Crippen molar-refractivity contribution in [3.05, 3.63) is 29.8 Å². The number of unbranched alkanes of at least 4 members (excludes halogenated alkanes) is 2. The summed E-state index contributed by atoms with van der Waals surface area (Å²) in [5.41, 5.74) is 6.92. The molecule has 1 aromatic rings. The number of nitrogens with two attached hydrogens (primary N) is 1. The SMILES string of the molecule is COCCCCCNS(=O)(=O)Cc1ccc(N)cc1. The van der Waals surface area contributed by atoms with E-state index >= 15 is 0 Å². The van der Waals surface area contributed by atoms with Crippen molar-refractivity contribution in [2.45, 2.75) is 25.0 Å². The lowest BCUT2D eigenvalue weighted by Crippen LogP contribution is -2.26. The summed E-state index contributed by atoms with van der Waals surface area (Å²) in [6.45, 7) is 1.19. The van der Waals surface area contributed by atoms with E-state index in [0.29, 0.717) is 12.2 Å². The van der Waals surface area contributed by atoms with Gasteiger partial charge in [0.1, 0.15) is 0 Å². The van der Waals surface area contributed by atoms with Crippen LogP contribution in [0.15, 0.2) is 24.3 Å². The molecule has 0 aliphatic rings. The first-order chi connectivity index (χ1) is 9.03. The number of ether oxygens (including phenoxy) is 1. The summed E-state index contributed by atoms with van der Waals surface area (Å²) in [6, 6.07) is 6.87. The lowest BCUT2D eigenvalue weighted by molar-refractivity contribution is 0.192. The number of sulfonamides is 1. The van der Waals surface area contributed by atoms with Gasteiger partial charge in [-0.05, 0) is 37.0 Å². The van der Waals surface area contributed by atoms with E-state index in [2.05, 4.69) is 4.72 Å². The Morgan fingerprint density at radius 1 is 1.16 bits per heavy atom. The first kappa shape index (κ1) is 15.9. The maximum atomic E-state index is 11.8. The van der Waals surface area contributed by atoms with Gasteiger partial charge in [-0.1, -0.05) is 12.1 Å². The summed E-state index contributed by atoms with van der Waals surface area (Å²) < 4.78 is 31.1. The maximum absolute atomic E-state index is 11.8. The fourth-order valence-electron chi connectivity index (χ4n) is 1.66. The molecule has 0 unspecified atom stereocenters. The van der Waals surface area contributed by atoms with Gasteiger partial charge in [0.05, 0.1) is 5.75 Å². The van der Waals surface area contributed by atoms with E-state index in [1.807, 2.05) is 0 Å². The van der Waals surface area contributed by atoms with Crippen LogP contribution in [-0.2, 0) is 20.5 Å². The first-order valence-electron chi connectivity index (χ1n) is 6.34. The Kier molecular flexibility index (Phi) is 6.83. The molecule has 0 aromatic heterocycles. The number of anilines is 1. The lowest BCUT2D eigenvalue weighted by Gasteiger charge is -2.07. The van der Waals surface area contributed by atoms with Gasteiger partial charge >= 0.3 is 0 Å². The quantitative estimate of drug-likeness (QED) is 0.532. The number of nitrogens with one attached hydrogen (secondary N) is 1. The highest BCUT2D eigenvalue weighted by molar-refractivity contribution is 7.88. The predicted molar refractivity (Wildman–Crippen MR) is 77.2 cm³/mol. The minimum atomic E-state index is -3.26. The van der Waals surface area contributed by atoms with Crippen molar-refractivity contribution in [1.82, 2.24) is 4.72 Å². The number of benzene rings is 1. The topological polar surface area (TPSA) is 81.4 Å². The minimum Gasteiger partial charge on any atom is -0.399 e. The van der Waals surface area contributed by atoms with Gasteiger partial charge in [0.15, 0.2) is 0 Å². The molecule has 0 bridgehead atoms. The highest BCUT2D eigenvalue weighted by Crippen LogP contribution is 2.08. The molecule has 19 heavy (non-hydrogen) atoms. The average molecular weight is 286 g/mol. The minimum absolute atomic E-state index is 0.00858. The smallest absolute Gasteiger partial charge is 0.215 e. The average Bonchev–Trinajstić information content (AvgIpc) is 2.36. The summed E-state index contributed by atoms with van der Waals surface area (Å²) >= 11 is 0. The van der Waals surface area contributed by atoms with Crippen LogP contribution in [0.1, 0.15) is 24.8 Å². The third-order valence-electron chi connectivity index (χ3n) is 2.68. The fraction of sp³-hybridized carbons (Fsp3) is 0.538. The Morgan fingerprint density at radius 3 is 2.47 bits per heavy atom. The zero-order chi connectivity index (χ0) is 14.1. The molecular formula is C13H22N2O3S. The van der Waals surface area contributed by atoms with Crippen molar-refractivity contribution in [3.8, 4) is 0 Å². The maximum Gasteiger partial charge on any atom is 0.215 e. The molecular weight excluding hydrogens is 264 g/mol. The van der Waals surface area contributed by atoms with Crippen molar-refractivity contribution < 1.29 is 13.2 Å². The second kappa shape index (κ2) is 8.14. The second-order valence-corrected chi connectivity index (χ2v) is 6.26. The van der Waals surface area contributed by atoms with Crippen LogP contribution in [0.2, 0.25) is 0 Å². The molecule has 0 aliphatic carbocycles. The molecule has 108 valence electrons. The standard InChI is InChI=1S/C13H22N2O3S/c1-18-10-4-2-3-9-15-19(16,17)11-12-5-7-13(14)8-6-12/h5-8,15H,2-4,9-11,14H2,1H3. The number of rotatable bonds is 9. The molecule has 0 amide bonds. The van der Waals surface area contributed by atoms with Gasteiger partial charge in [-0.25, -0.2) is 13.1 Å². The van der Waals surface area contributed by atoms with Crippen LogP contribution < -0.4 is 10.5 Å². The molecule has 0 saturated heterocycles. The van der Waals surface area contributed by atoms with Gasteiger partial charge < -0.3 is 10.5 Å². The van der Waals surface area contributed by atoms with Crippen LogP contribution in [-0.4, -0.2) is 28.7 Å². The largest absolute Gasteiger partial charge is 0.399 e. The Bertz CT molecular complexity index is 457. The zero-order valence-electron chi connectivity index (χ0n) is 11.3. The van der Waals surface area contributed by atoms with Gasteiger partial charge in [-0.3, -0.25) is 0 Å². The molecule has 0 saturated carbocycles. The molecule has 0 aliphatic heterocycles. The highest BCUT2D eigenvalue weighted by atomic mass is 32.2. The van der Waals surface area contributed by atoms with Crippen LogP contribution in [0, 0.1) is 0 Å². The van der Waals surface area contributed by atoms with Gasteiger partial charge in [0.2, 0.25) is 10.0 Å². The van der Waals surface area contributed by atoms with E-state index < -0.39 is 10.0 Å². The number of hydrogen-bond donors (Lipinski definition) is 2. The van der Waals surface area contributed by atoms with Crippen LogP contribution in [0.5, 0.6) is 0 Å². The molecule has 0 atom stereocenters. The Hall–Kier alpha value is -1.11. The zero-order valence-corrected chi connectivity index (χ0v) is 12.1. The van der Waals surface area contributed by atoms with E-state index in [1.54, 1.807) is 31.4 Å². The van der Waals surface area contributed by atoms with E-state index in [0.717, 1.165) is 31.4 Å². The number of hydrogen-bond acceptors (Lipinski definition) is 4. The second-order valence-electron chi connectivity index (χ2n) is 4.45. The van der Waals surface area contributed by atoms with E-state index in [9.17, 15) is 8.42 Å². The summed E-state index contributed by atoms with van der Waals surface area (Å²) in [4.78, 5) is 0. The van der Waals surface area contributed by atoms with Gasteiger partial charge in [0, 0.05) is 25.9 Å². The van der Waals surface area contributed by atoms with Gasteiger partial charge in [-0.2, -0.15) is 0 Å². The number of nitrogen functional groups attached to an aromatic ring is 1. The van der Waals surface area contributed by atoms with Crippen LogP contribution >= 0.6 is 0 Å². The van der Waals surface area contributed by atoms with Gasteiger partial charge in [-0.15, -0.1) is 0 Å². The lowest BCUT2D eigenvalue weighted by atomic mass is 10.2. The van der Waals surface area contributed by atoms with Crippen LogP contribution in [0.4, 0.5) is 5.69 Å². The monoisotopic (exact) mass is 286 g/mol. The third-order valence-corrected chi connectivity index (χ3v) is 4.04. The molecule has 0 radical (unpaired) electrons. The van der Waals surface area contributed by atoms with E-state index in [4.69, 9.17) is 10.5 Å². The summed E-state index contributed by atoms with van der Waals surface area (Å²) in [5.74, 6) is -0.00858. The fourth-order valence-corrected chi connectivity index (χ4v) is 2.85. The van der Waals surface area contributed by atoms with Crippen molar-refractivity contribution in [1.29, 1.82) is 0 Å². The first-order valence-corrected chi connectivity index (χ1v) is 7.99. The highest BCUT2D eigenvalue weighted by Gasteiger charge is 2.10. The van der Waals surface area contributed by atoms with Crippen LogP contribution in [0.3, 0.4) is 0 Å². The van der Waals surface area contributed by atoms with E-state index in [-0.39, 0.29) is 5.75 Å². The third kappa shape index (κ3) is 7.15. The molecule has 1 rings (SSSR count). The number of methoxy groups -OCH3 is 1. The molecule has 0 heterocycles. The molecule has 6 heteroatoms. The summed E-state index contributed by atoms with van der Waals surface area (Å²) in [6.07, 6.45) is 2.73. The molecule has 0 fully saturated rings. The molecule has 5 nitrogen and oxygen atoms in total. The molecule has 0 spiro atoms. The molecule has 1 aromatic carbocycles. The van der Waals surface area contributed by atoms with Crippen molar-refractivity contribution in [2.75, 3.05) is 26.0 Å². The van der Waals surface area contributed by atoms with E-state index in [1.165, 1.54) is 0 Å². The van der Waals surface area contributed by atoms with Crippen molar-refractivity contribution >= 4 is 15.7 Å². The van der Waals surface area contributed by atoms with Crippen molar-refractivity contribution in [3.63, 3.8) is 0 Å². The summed E-state index contributed by atoms with van der Waals surface area (Å²) in [5, 5.41) is 0.